The molecule has 1 amide bonds. The third kappa shape index (κ3) is 3.30. The molecule has 0 saturated heterocycles. The van der Waals surface area contributed by atoms with Gasteiger partial charge in [0.05, 0.1) is 17.6 Å². The van der Waals surface area contributed by atoms with Gasteiger partial charge >= 0.3 is 0 Å². The van der Waals surface area contributed by atoms with E-state index in [1.165, 1.54) is 21.5 Å². The van der Waals surface area contributed by atoms with Crippen molar-refractivity contribution in [2.75, 3.05) is 11.4 Å². The van der Waals surface area contributed by atoms with E-state index in [0.29, 0.717) is 28.8 Å². The molecule has 0 atom stereocenters. The summed E-state index contributed by atoms with van der Waals surface area (Å²) in [5.41, 5.74) is 3.06. The number of anilines is 1. The third-order valence-corrected chi connectivity index (χ3v) is 5.63. The molecule has 31 heavy (non-hydrogen) atoms. The number of para-hydroxylation sites is 1. The molecular formula is C23H20FN5O2. The van der Waals surface area contributed by atoms with Gasteiger partial charge in [0.2, 0.25) is 5.91 Å². The monoisotopic (exact) mass is 417 g/mol. The predicted molar refractivity (Wildman–Crippen MR) is 115 cm³/mol. The third-order valence-electron chi connectivity index (χ3n) is 5.63. The SMILES string of the molecule is Cc1nn(CC(=O)N2CCCc3ccccc32)c(=O)c2c1cnn2-c1ccc(F)cc1. The maximum atomic E-state index is 13.3. The van der Waals surface area contributed by atoms with Gasteiger partial charge in [-0.2, -0.15) is 10.2 Å². The first kappa shape index (κ1) is 19.2. The summed E-state index contributed by atoms with van der Waals surface area (Å²) in [6.07, 6.45) is 3.37. The van der Waals surface area contributed by atoms with Gasteiger partial charge in [0.1, 0.15) is 17.9 Å². The largest absolute Gasteiger partial charge is 0.311 e. The number of halogens is 1. The van der Waals surface area contributed by atoms with Crippen molar-refractivity contribution in [1.29, 1.82) is 0 Å². The van der Waals surface area contributed by atoms with E-state index < -0.39 is 5.56 Å². The molecule has 4 aromatic rings. The highest BCUT2D eigenvalue weighted by atomic mass is 19.1. The Hall–Kier alpha value is -3.81. The van der Waals surface area contributed by atoms with E-state index in [0.717, 1.165) is 24.1 Å². The summed E-state index contributed by atoms with van der Waals surface area (Å²) in [6, 6.07) is 13.6. The molecule has 0 fully saturated rings. The summed E-state index contributed by atoms with van der Waals surface area (Å²) in [4.78, 5) is 28.1. The van der Waals surface area contributed by atoms with Gasteiger partial charge in [-0.25, -0.2) is 13.8 Å². The van der Waals surface area contributed by atoms with Gasteiger partial charge in [-0.3, -0.25) is 9.59 Å². The zero-order valence-electron chi connectivity index (χ0n) is 17.0. The molecule has 1 aliphatic heterocycles. The van der Waals surface area contributed by atoms with Crippen molar-refractivity contribution in [1.82, 2.24) is 19.6 Å². The second-order valence-electron chi connectivity index (χ2n) is 7.62. The van der Waals surface area contributed by atoms with Crippen molar-refractivity contribution in [2.24, 2.45) is 0 Å². The van der Waals surface area contributed by atoms with Gasteiger partial charge in [0.25, 0.3) is 5.56 Å². The Morgan fingerprint density at radius 3 is 2.71 bits per heavy atom. The molecule has 0 radical (unpaired) electrons. The molecule has 0 bridgehead atoms. The number of amides is 1. The molecule has 156 valence electrons. The zero-order valence-corrected chi connectivity index (χ0v) is 17.0. The number of nitrogens with zero attached hydrogens (tertiary/aromatic N) is 5. The Balaban J connectivity index is 1.55. The maximum Gasteiger partial charge on any atom is 0.293 e. The van der Waals surface area contributed by atoms with E-state index in [9.17, 15) is 14.0 Å². The van der Waals surface area contributed by atoms with E-state index in [-0.39, 0.29) is 18.3 Å². The van der Waals surface area contributed by atoms with Crippen LogP contribution in [0.2, 0.25) is 0 Å². The molecule has 0 spiro atoms. The Kier molecular flexibility index (Phi) is 4.62. The second-order valence-corrected chi connectivity index (χ2v) is 7.62. The lowest BCUT2D eigenvalue weighted by Gasteiger charge is -2.29. The van der Waals surface area contributed by atoms with Crippen molar-refractivity contribution in [3.63, 3.8) is 0 Å². The number of rotatable bonds is 3. The van der Waals surface area contributed by atoms with Crippen LogP contribution in [-0.4, -0.2) is 32.0 Å². The van der Waals surface area contributed by atoms with E-state index in [1.807, 2.05) is 24.3 Å². The van der Waals surface area contributed by atoms with Crippen LogP contribution in [0.4, 0.5) is 10.1 Å². The van der Waals surface area contributed by atoms with Crippen molar-refractivity contribution < 1.29 is 9.18 Å². The second kappa shape index (κ2) is 7.46. The van der Waals surface area contributed by atoms with Crippen LogP contribution in [0, 0.1) is 12.7 Å². The fourth-order valence-corrected chi connectivity index (χ4v) is 4.11. The molecule has 8 heteroatoms. The molecule has 7 nitrogen and oxygen atoms in total. The quantitative estimate of drug-likeness (QED) is 0.514. The van der Waals surface area contributed by atoms with Crippen LogP contribution in [0.15, 0.2) is 59.5 Å². The van der Waals surface area contributed by atoms with Crippen molar-refractivity contribution >= 4 is 22.5 Å². The Labute approximate surface area is 177 Å². The normalized spacial score (nSPS) is 13.4. The average molecular weight is 417 g/mol. The molecule has 0 unspecified atom stereocenters. The Morgan fingerprint density at radius 1 is 1.13 bits per heavy atom. The molecule has 0 aliphatic carbocycles. The first-order valence-electron chi connectivity index (χ1n) is 10.1. The number of hydrogen-bond acceptors (Lipinski definition) is 4. The number of aromatic nitrogens is 4. The van der Waals surface area contributed by atoms with Crippen molar-refractivity contribution in [3.8, 4) is 5.69 Å². The average Bonchev–Trinajstić information content (AvgIpc) is 3.23. The first-order valence-corrected chi connectivity index (χ1v) is 10.1. The molecule has 2 aromatic heterocycles. The summed E-state index contributed by atoms with van der Waals surface area (Å²) < 4.78 is 16.0. The van der Waals surface area contributed by atoms with Crippen molar-refractivity contribution in [2.45, 2.75) is 26.3 Å². The minimum Gasteiger partial charge on any atom is -0.311 e. The van der Waals surface area contributed by atoms with Crippen LogP contribution in [0.5, 0.6) is 0 Å². The number of aryl methyl sites for hydroxylation is 2. The molecule has 1 aliphatic rings. The molecular weight excluding hydrogens is 397 g/mol. The fourth-order valence-electron chi connectivity index (χ4n) is 4.11. The van der Waals surface area contributed by atoms with Crippen LogP contribution in [0.3, 0.4) is 0 Å². The number of carbonyl (C=O) groups is 1. The van der Waals surface area contributed by atoms with Crippen LogP contribution < -0.4 is 10.5 Å². The molecule has 2 aromatic carbocycles. The number of carbonyl (C=O) groups excluding carboxylic acids is 1. The molecule has 5 rings (SSSR count). The topological polar surface area (TPSA) is 73.0 Å². The Bertz CT molecular complexity index is 1360. The van der Waals surface area contributed by atoms with Gasteiger partial charge in [0.15, 0.2) is 0 Å². The predicted octanol–water partition coefficient (Wildman–Crippen LogP) is 3.01. The van der Waals surface area contributed by atoms with Gasteiger partial charge in [-0.05, 0) is 55.7 Å². The minimum absolute atomic E-state index is 0.168. The summed E-state index contributed by atoms with van der Waals surface area (Å²) in [5, 5.41) is 9.26. The molecule has 3 heterocycles. The zero-order chi connectivity index (χ0) is 21.5. The van der Waals surface area contributed by atoms with E-state index in [4.69, 9.17) is 0 Å². The minimum atomic E-state index is -0.416. The standard InChI is InChI=1S/C23H20FN5O2/c1-15-19-13-25-29(18-10-8-17(24)9-11-18)22(19)23(31)28(26-15)14-21(30)27-12-4-6-16-5-2-3-7-20(16)27/h2-3,5,7-11,13H,4,6,12,14H2,1H3. The van der Waals surface area contributed by atoms with Gasteiger partial charge in [-0.1, -0.05) is 18.2 Å². The van der Waals surface area contributed by atoms with Crippen LogP contribution in [0.25, 0.3) is 16.6 Å². The van der Waals surface area contributed by atoms with Crippen molar-refractivity contribution in [3.05, 3.63) is 82.2 Å². The number of fused-ring (bicyclic) bond motifs is 2. The number of hydrogen-bond donors (Lipinski definition) is 0. The highest BCUT2D eigenvalue weighted by molar-refractivity contribution is 5.94. The fraction of sp³-hybridized carbons (Fsp3) is 0.217. The lowest BCUT2D eigenvalue weighted by molar-refractivity contribution is -0.119. The van der Waals surface area contributed by atoms with E-state index in [1.54, 1.807) is 30.2 Å². The summed E-state index contributed by atoms with van der Waals surface area (Å²) >= 11 is 0. The summed E-state index contributed by atoms with van der Waals surface area (Å²) in [7, 11) is 0. The van der Waals surface area contributed by atoms with E-state index >= 15 is 0 Å². The smallest absolute Gasteiger partial charge is 0.293 e. The van der Waals surface area contributed by atoms with Crippen LogP contribution >= 0.6 is 0 Å². The lowest BCUT2D eigenvalue weighted by atomic mass is 10.0. The molecule has 0 N–H and O–H groups in total. The van der Waals surface area contributed by atoms with Crippen LogP contribution in [0.1, 0.15) is 17.7 Å². The van der Waals surface area contributed by atoms with Gasteiger partial charge in [-0.15, -0.1) is 0 Å². The van der Waals surface area contributed by atoms with Crippen LogP contribution in [-0.2, 0) is 17.8 Å². The summed E-state index contributed by atoms with van der Waals surface area (Å²) in [6.45, 7) is 2.22. The summed E-state index contributed by atoms with van der Waals surface area (Å²) in [5.74, 6) is -0.559. The highest BCUT2D eigenvalue weighted by Gasteiger charge is 2.24. The Morgan fingerprint density at radius 2 is 1.90 bits per heavy atom. The lowest BCUT2D eigenvalue weighted by Crippen LogP contribution is -2.40. The van der Waals surface area contributed by atoms with Gasteiger partial charge < -0.3 is 4.90 Å². The van der Waals surface area contributed by atoms with E-state index in [2.05, 4.69) is 10.2 Å². The maximum absolute atomic E-state index is 13.3. The molecule has 0 saturated carbocycles. The highest BCUT2D eigenvalue weighted by Crippen LogP contribution is 2.27. The number of benzene rings is 2. The van der Waals surface area contributed by atoms with Gasteiger partial charge in [0, 0.05) is 17.6 Å². The first-order chi connectivity index (χ1) is 15.0.